The van der Waals surface area contributed by atoms with Gasteiger partial charge in [0.25, 0.3) is 0 Å². The second kappa shape index (κ2) is 9.83. The predicted octanol–water partition coefficient (Wildman–Crippen LogP) is 3.01. The van der Waals surface area contributed by atoms with Crippen LogP contribution in [-0.2, 0) is 13.5 Å². The molecule has 31 heavy (non-hydrogen) atoms. The first-order chi connectivity index (χ1) is 14.8. The number of aliphatic hydroxyl groups excluding tert-OH is 1. The van der Waals surface area contributed by atoms with E-state index < -0.39 is 6.10 Å². The first kappa shape index (κ1) is 22.6. The van der Waals surface area contributed by atoms with Crippen molar-refractivity contribution in [1.82, 2.24) is 19.5 Å². The maximum Gasteiger partial charge on any atom is 0.218 e. The third-order valence-electron chi connectivity index (χ3n) is 4.61. The Morgan fingerprint density at radius 1 is 1.48 bits per heavy atom. The van der Waals surface area contributed by atoms with E-state index in [1.807, 2.05) is 23.7 Å². The van der Waals surface area contributed by atoms with Gasteiger partial charge in [-0.25, -0.2) is 21.5 Å². The van der Waals surface area contributed by atoms with Crippen LogP contribution >= 0.6 is 23.8 Å². The molecule has 0 fully saturated rings. The van der Waals surface area contributed by atoms with Gasteiger partial charge in [-0.15, -0.1) is 0 Å². The summed E-state index contributed by atoms with van der Waals surface area (Å²) in [5.41, 5.74) is 9.62. The van der Waals surface area contributed by atoms with Crippen molar-refractivity contribution in [3.8, 4) is 11.4 Å². The van der Waals surface area contributed by atoms with E-state index in [-0.39, 0.29) is 11.7 Å². The van der Waals surface area contributed by atoms with Gasteiger partial charge in [0, 0.05) is 29.4 Å². The summed E-state index contributed by atoms with van der Waals surface area (Å²) in [6, 6.07) is 5.63. The van der Waals surface area contributed by atoms with E-state index in [1.54, 1.807) is 31.7 Å². The summed E-state index contributed by atoms with van der Waals surface area (Å²) in [5.74, 6) is 0. The SMILES string of the molecule is [C-]#[N+]CCc1cc2c(C=NN(CC(C)O)C(N)=S)cc(-c3cncn3C)nc2cc1Cl. The van der Waals surface area contributed by atoms with Crippen LogP contribution in [0.15, 0.2) is 35.8 Å². The molecule has 160 valence electrons. The Kier molecular flexibility index (Phi) is 7.17. The zero-order chi connectivity index (χ0) is 22.5. The molecular weight excluding hydrogens is 434 g/mol. The lowest BCUT2D eigenvalue weighted by Gasteiger charge is -2.18. The van der Waals surface area contributed by atoms with E-state index >= 15 is 0 Å². The Labute approximate surface area is 190 Å². The first-order valence-electron chi connectivity index (χ1n) is 9.52. The Morgan fingerprint density at radius 2 is 2.26 bits per heavy atom. The Bertz CT molecular complexity index is 1180. The number of thiocarbonyl (C=S) groups is 1. The van der Waals surface area contributed by atoms with Crippen LogP contribution < -0.4 is 5.73 Å². The molecule has 2 heterocycles. The number of nitrogens with two attached hydrogens (primary N) is 1. The molecule has 0 amide bonds. The molecule has 3 aromatic rings. The van der Waals surface area contributed by atoms with E-state index in [1.165, 1.54) is 5.01 Å². The highest BCUT2D eigenvalue weighted by molar-refractivity contribution is 7.80. The zero-order valence-corrected chi connectivity index (χ0v) is 18.7. The van der Waals surface area contributed by atoms with Crippen molar-refractivity contribution in [2.24, 2.45) is 17.9 Å². The van der Waals surface area contributed by atoms with E-state index in [4.69, 9.17) is 41.1 Å². The molecule has 1 unspecified atom stereocenters. The number of pyridine rings is 1. The van der Waals surface area contributed by atoms with Gasteiger partial charge in [0.15, 0.2) is 5.11 Å². The number of halogens is 1. The number of hydrazone groups is 1. The highest BCUT2D eigenvalue weighted by atomic mass is 35.5. The van der Waals surface area contributed by atoms with Gasteiger partial charge in [0.1, 0.15) is 0 Å². The third-order valence-corrected chi connectivity index (χ3v) is 5.17. The van der Waals surface area contributed by atoms with Crippen molar-refractivity contribution >= 4 is 46.0 Å². The molecule has 0 spiro atoms. The number of fused-ring (bicyclic) bond motifs is 1. The third kappa shape index (κ3) is 5.35. The molecule has 0 aliphatic heterocycles. The normalized spacial score (nSPS) is 12.2. The van der Waals surface area contributed by atoms with Crippen molar-refractivity contribution in [1.29, 1.82) is 0 Å². The molecule has 3 rings (SSSR count). The van der Waals surface area contributed by atoms with Crippen LogP contribution in [0.3, 0.4) is 0 Å². The van der Waals surface area contributed by atoms with E-state index in [0.29, 0.717) is 29.2 Å². The molecule has 0 radical (unpaired) electrons. The number of aromatic nitrogens is 3. The van der Waals surface area contributed by atoms with Gasteiger partial charge in [0.05, 0.1) is 48.3 Å². The lowest BCUT2D eigenvalue weighted by Crippen LogP contribution is -2.36. The molecule has 10 heteroatoms. The zero-order valence-electron chi connectivity index (χ0n) is 17.2. The Morgan fingerprint density at radius 3 is 2.87 bits per heavy atom. The molecule has 1 aromatic carbocycles. The Balaban J connectivity index is 2.17. The first-order valence-corrected chi connectivity index (χ1v) is 10.3. The van der Waals surface area contributed by atoms with Crippen LogP contribution in [-0.4, -0.2) is 55.2 Å². The van der Waals surface area contributed by atoms with Crippen LogP contribution in [0.4, 0.5) is 0 Å². The summed E-state index contributed by atoms with van der Waals surface area (Å²) in [5, 5.41) is 16.9. The summed E-state index contributed by atoms with van der Waals surface area (Å²) >= 11 is 11.5. The lowest BCUT2D eigenvalue weighted by atomic mass is 10.0. The average Bonchev–Trinajstić information content (AvgIpc) is 3.14. The topological polar surface area (TPSA) is 96.9 Å². The van der Waals surface area contributed by atoms with Crippen LogP contribution in [0.5, 0.6) is 0 Å². The summed E-state index contributed by atoms with van der Waals surface area (Å²) in [6.07, 6.45) is 4.95. The molecule has 0 aliphatic rings. The average molecular weight is 456 g/mol. The molecular formula is C21H22ClN7OS. The maximum absolute atomic E-state index is 9.70. The van der Waals surface area contributed by atoms with Crippen molar-refractivity contribution in [3.05, 3.63) is 58.3 Å². The predicted molar refractivity (Wildman–Crippen MR) is 127 cm³/mol. The fourth-order valence-corrected chi connectivity index (χ4v) is 3.48. The largest absolute Gasteiger partial charge is 0.391 e. The second-order valence-electron chi connectivity index (χ2n) is 7.09. The molecule has 8 nitrogen and oxygen atoms in total. The monoisotopic (exact) mass is 455 g/mol. The number of nitrogens with zero attached hydrogens (tertiary/aromatic N) is 6. The minimum Gasteiger partial charge on any atom is -0.391 e. The van der Waals surface area contributed by atoms with Gasteiger partial charge in [-0.2, -0.15) is 5.10 Å². The Hall–Kier alpha value is -3.06. The van der Waals surface area contributed by atoms with Gasteiger partial charge in [-0.1, -0.05) is 11.6 Å². The quantitative estimate of drug-likeness (QED) is 0.246. The molecule has 0 bridgehead atoms. The molecule has 2 aromatic heterocycles. The number of benzene rings is 1. The standard InChI is InChI=1S/C21H22ClN7OS/c1-13(30)11-29(21(23)31)26-9-15-7-19(20-10-25-12-28(20)3)27-18-8-17(22)14(4-5-24-2)6-16(15)18/h6-10,12-13,30H,4-5,11H2,1,3H3,(H2,23,31). The van der Waals surface area contributed by atoms with E-state index in [2.05, 4.69) is 14.9 Å². The van der Waals surface area contributed by atoms with Crippen molar-refractivity contribution in [2.45, 2.75) is 19.4 Å². The summed E-state index contributed by atoms with van der Waals surface area (Å²) in [6.45, 7) is 9.21. The number of imidazole rings is 1. The molecule has 0 aliphatic carbocycles. The van der Waals surface area contributed by atoms with Crippen LogP contribution in [0.2, 0.25) is 5.02 Å². The minimum atomic E-state index is -0.656. The van der Waals surface area contributed by atoms with Gasteiger partial charge in [0.2, 0.25) is 6.54 Å². The van der Waals surface area contributed by atoms with Gasteiger partial charge in [-0.3, -0.25) is 0 Å². The highest BCUT2D eigenvalue weighted by Gasteiger charge is 2.14. The second-order valence-corrected chi connectivity index (χ2v) is 7.92. The van der Waals surface area contributed by atoms with Crippen molar-refractivity contribution < 1.29 is 5.11 Å². The summed E-state index contributed by atoms with van der Waals surface area (Å²) in [7, 11) is 1.89. The molecule has 0 saturated heterocycles. The van der Waals surface area contributed by atoms with Crippen LogP contribution in [0, 0.1) is 6.57 Å². The molecule has 3 N–H and O–H groups in total. The maximum atomic E-state index is 9.70. The molecule has 1 atom stereocenters. The van der Waals surface area contributed by atoms with Gasteiger partial charge < -0.3 is 20.3 Å². The van der Waals surface area contributed by atoms with Crippen molar-refractivity contribution in [3.63, 3.8) is 0 Å². The summed E-state index contributed by atoms with van der Waals surface area (Å²) in [4.78, 5) is 12.3. The number of aryl methyl sites for hydroxylation is 1. The number of rotatable bonds is 7. The van der Waals surface area contributed by atoms with E-state index in [0.717, 1.165) is 22.2 Å². The number of hydrogen-bond donors (Lipinski definition) is 2. The number of hydrogen-bond acceptors (Lipinski definition) is 5. The smallest absolute Gasteiger partial charge is 0.218 e. The lowest BCUT2D eigenvalue weighted by molar-refractivity contribution is 0.162. The van der Waals surface area contributed by atoms with Crippen LogP contribution in [0.1, 0.15) is 18.1 Å². The summed E-state index contributed by atoms with van der Waals surface area (Å²) < 4.78 is 1.87. The minimum absolute atomic E-state index is 0.0585. The molecule has 0 saturated carbocycles. The van der Waals surface area contributed by atoms with Gasteiger partial charge >= 0.3 is 0 Å². The van der Waals surface area contributed by atoms with Crippen LogP contribution in [0.25, 0.3) is 27.1 Å². The van der Waals surface area contributed by atoms with E-state index in [9.17, 15) is 5.11 Å². The fraction of sp³-hybridized carbons (Fsp3) is 0.286. The van der Waals surface area contributed by atoms with Crippen molar-refractivity contribution in [2.75, 3.05) is 13.1 Å². The van der Waals surface area contributed by atoms with Gasteiger partial charge in [-0.05, 0) is 42.9 Å². The number of aliphatic hydroxyl groups is 1. The highest BCUT2D eigenvalue weighted by Crippen LogP contribution is 2.29. The fourth-order valence-electron chi connectivity index (χ4n) is 3.10.